The van der Waals surface area contributed by atoms with Gasteiger partial charge in [0.25, 0.3) is 0 Å². The Labute approximate surface area is 130 Å². The fourth-order valence-corrected chi connectivity index (χ4v) is 1.76. The lowest BCUT2D eigenvalue weighted by atomic mass is 10.2. The van der Waals surface area contributed by atoms with E-state index in [9.17, 15) is 4.79 Å². The molecule has 1 amide bonds. The van der Waals surface area contributed by atoms with Gasteiger partial charge in [0.05, 0.1) is 27.7 Å². The van der Waals surface area contributed by atoms with Gasteiger partial charge in [-0.15, -0.1) is 0 Å². The average Bonchev–Trinajstić information content (AvgIpc) is 2.31. The summed E-state index contributed by atoms with van der Waals surface area (Å²) in [7, 11) is 6.44. The number of nitrogens with zero attached hydrogens (tertiary/aromatic N) is 1. The van der Waals surface area contributed by atoms with Crippen molar-refractivity contribution in [2.45, 2.75) is 32.1 Å². The molecule has 0 aromatic heterocycles. The van der Waals surface area contributed by atoms with Gasteiger partial charge in [0.2, 0.25) is 5.91 Å². The molecule has 0 aliphatic heterocycles. The summed E-state index contributed by atoms with van der Waals surface area (Å²) in [5.74, 6) is 0.177. The largest absolute Gasteiger partial charge is 1.00 e. The Balaban J connectivity index is 0. The number of hydrogen-bond acceptors (Lipinski definition) is 3. The van der Waals surface area contributed by atoms with Crippen molar-refractivity contribution in [3.63, 3.8) is 0 Å². The normalized spacial score (nSPS) is 11.0. The summed E-state index contributed by atoms with van der Waals surface area (Å²) in [5, 5.41) is 6.31. The average molecular weight is 309 g/mol. The minimum Gasteiger partial charge on any atom is -1.00 e. The van der Waals surface area contributed by atoms with Crippen molar-refractivity contribution in [3.8, 4) is 0 Å². The van der Waals surface area contributed by atoms with Crippen LogP contribution in [0.2, 0.25) is 0 Å². The topological polar surface area (TPSA) is 67.2 Å². The van der Waals surface area contributed by atoms with Crippen LogP contribution in [0.1, 0.15) is 32.1 Å². The predicted molar refractivity (Wildman–Crippen MR) is 80.9 cm³/mol. The summed E-state index contributed by atoms with van der Waals surface area (Å²) in [4.78, 5) is 11.6. The fourth-order valence-electron chi connectivity index (χ4n) is 1.76. The van der Waals surface area contributed by atoms with Crippen molar-refractivity contribution >= 4 is 5.91 Å². The Bertz CT molecular complexity index is 232. The molecule has 0 saturated carbocycles. The van der Waals surface area contributed by atoms with Crippen LogP contribution < -0.4 is 28.8 Å². The Hall–Kier alpha value is -0.360. The van der Waals surface area contributed by atoms with Gasteiger partial charge in [0, 0.05) is 19.4 Å². The SMILES string of the molecule is C[N+](C)(C)CCCC(=O)NCCCNCCCCN.[Cl-]. The highest BCUT2D eigenvalue weighted by molar-refractivity contribution is 5.75. The van der Waals surface area contributed by atoms with Gasteiger partial charge in [-0.1, -0.05) is 0 Å². The van der Waals surface area contributed by atoms with Crippen LogP contribution in [-0.4, -0.2) is 64.3 Å². The van der Waals surface area contributed by atoms with E-state index in [1.54, 1.807) is 0 Å². The molecule has 0 radical (unpaired) electrons. The second kappa shape index (κ2) is 13.6. The highest BCUT2D eigenvalue weighted by atomic mass is 35.5. The number of unbranched alkanes of at least 4 members (excludes halogenated alkanes) is 1. The Kier molecular flexibility index (Phi) is 14.9. The van der Waals surface area contributed by atoms with Crippen LogP contribution in [0.5, 0.6) is 0 Å². The van der Waals surface area contributed by atoms with Crippen LogP contribution in [-0.2, 0) is 4.79 Å². The van der Waals surface area contributed by atoms with E-state index in [-0.39, 0.29) is 18.3 Å². The zero-order valence-electron chi connectivity index (χ0n) is 13.4. The van der Waals surface area contributed by atoms with E-state index in [2.05, 4.69) is 31.8 Å². The first-order valence-electron chi connectivity index (χ1n) is 7.43. The number of nitrogens with two attached hydrogens (primary N) is 1. The lowest BCUT2D eigenvalue weighted by Crippen LogP contribution is -3.00. The van der Waals surface area contributed by atoms with Gasteiger partial charge in [-0.05, 0) is 38.9 Å². The second-order valence-electron chi connectivity index (χ2n) is 6.07. The van der Waals surface area contributed by atoms with E-state index in [1.807, 2.05) is 0 Å². The monoisotopic (exact) mass is 308 g/mol. The summed E-state index contributed by atoms with van der Waals surface area (Å²) >= 11 is 0. The molecule has 6 heteroatoms. The lowest BCUT2D eigenvalue weighted by Gasteiger charge is -2.23. The highest BCUT2D eigenvalue weighted by Crippen LogP contribution is 1.97. The molecule has 122 valence electrons. The van der Waals surface area contributed by atoms with E-state index in [1.165, 1.54) is 0 Å². The molecule has 20 heavy (non-hydrogen) atoms. The first kappa shape index (κ1) is 21.9. The van der Waals surface area contributed by atoms with Crippen LogP contribution in [0.3, 0.4) is 0 Å². The van der Waals surface area contributed by atoms with Crippen molar-refractivity contribution in [2.24, 2.45) is 5.73 Å². The predicted octanol–water partition coefficient (Wildman–Crippen LogP) is -2.69. The number of nitrogens with one attached hydrogen (secondary N) is 2. The summed E-state index contributed by atoms with van der Waals surface area (Å²) in [6.45, 7) is 4.56. The van der Waals surface area contributed by atoms with E-state index in [4.69, 9.17) is 5.73 Å². The fraction of sp³-hybridized carbons (Fsp3) is 0.929. The van der Waals surface area contributed by atoms with Crippen molar-refractivity contribution in [2.75, 3.05) is 53.9 Å². The van der Waals surface area contributed by atoms with Gasteiger partial charge in [-0.2, -0.15) is 0 Å². The zero-order chi connectivity index (χ0) is 14.6. The number of halogens is 1. The smallest absolute Gasteiger partial charge is 0.220 e. The summed E-state index contributed by atoms with van der Waals surface area (Å²) in [6, 6.07) is 0. The molecule has 0 aromatic carbocycles. The molecule has 0 heterocycles. The molecule has 0 aliphatic rings. The zero-order valence-corrected chi connectivity index (χ0v) is 14.1. The minimum absolute atomic E-state index is 0. The van der Waals surface area contributed by atoms with Crippen LogP contribution in [0.4, 0.5) is 0 Å². The maximum Gasteiger partial charge on any atom is 0.220 e. The standard InChI is InChI=1S/C14H32N4O.ClH/c1-18(2,3)13-6-8-14(19)17-12-7-11-16-10-5-4-9-15;/h16H,4-13,15H2,1-3H3;1H. The van der Waals surface area contributed by atoms with Crippen molar-refractivity contribution < 1.29 is 21.7 Å². The lowest BCUT2D eigenvalue weighted by molar-refractivity contribution is -0.870. The van der Waals surface area contributed by atoms with E-state index in [0.717, 1.165) is 62.9 Å². The van der Waals surface area contributed by atoms with Crippen LogP contribution in [0.25, 0.3) is 0 Å². The first-order valence-corrected chi connectivity index (χ1v) is 7.43. The number of amides is 1. The highest BCUT2D eigenvalue weighted by Gasteiger charge is 2.08. The molecule has 0 unspecified atom stereocenters. The van der Waals surface area contributed by atoms with Gasteiger partial charge in [0.15, 0.2) is 0 Å². The Morgan fingerprint density at radius 1 is 1.00 bits per heavy atom. The third-order valence-corrected chi connectivity index (χ3v) is 2.89. The van der Waals surface area contributed by atoms with Gasteiger partial charge in [-0.3, -0.25) is 4.79 Å². The number of quaternary nitrogens is 1. The molecule has 0 atom stereocenters. The van der Waals surface area contributed by atoms with Crippen molar-refractivity contribution in [3.05, 3.63) is 0 Å². The molecule has 4 N–H and O–H groups in total. The maximum atomic E-state index is 11.6. The van der Waals surface area contributed by atoms with Gasteiger partial charge < -0.3 is 33.3 Å². The van der Waals surface area contributed by atoms with E-state index < -0.39 is 0 Å². The molecule has 0 rings (SSSR count). The Morgan fingerprint density at radius 3 is 2.25 bits per heavy atom. The minimum atomic E-state index is 0. The third kappa shape index (κ3) is 17.6. The molecule has 0 saturated heterocycles. The van der Waals surface area contributed by atoms with Crippen molar-refractivity contribution in [1.82, 2.24) is 10.6 Å². The van der Waals surface area contributed by atoms with Crippen LogP contribution in [0.15, 0.2) is 0 Å². The molecular formula is C14H33ClN4O. The number of rotatable bonds is 12. The Morgan fingerprint density at radius 2 is 1.65 bits per heavy atom. The summed E-state index contributed by atoms with van der Waals surface area (Å²) < 4.78 is 0.917. The number of hydrogen-bond donors (Lipinski definition) is 3. The van der Waals surface area contributed by atoms with E-state index >= 15 is 0 Å². The summed E-state index contributed by atoms with van der Waals surface area (Å²) in [6.07, 6.45) is 4.79. The van der Waals surface area contributed by atoms with Crippen LogP contribution in [0, 0.1) is 0 Å². The molecule has 0 bridgehead atoms. The van der Waals surface area contributed by atoms with Gasteiger partial charge in [-0.25, -0.2) is 0 Å². The van der Waals surface area contributed by atoms with Crippen LogP contribution >= 0.6 is 0 Å². The van der Waals surface area contributed by atoms with E-state index in [0.29, 0.717) is 6.42 Å². The third-order valence-electron chi connectivity index (χ3n) is 2.89. The molecule has 0 fully saturated rings. The van der Waals surface area contributed by atoms with Gasteiger partial charge in [0.1, 0.15) is 0 Å². The molecular weight excluding hydrogens is 276 g/mol. The number of carbonyl (C=O) groups is 1. The van der Waals surface area contributed by atoms with Gasteiger partial charge >= 0.3 is 0 Å². The molecule has 0 aromatic rings. The first-order chi connectivity index (χ1) is 8.95. The quantitative estimate of drug-likeness (QED) is 0.272. The number of carbonyl (C=O) groups excluding carboxylic acids is 1. The molecule has 5 nitrogen and oxygen atoms in total. The molecule has 0 aliphatic carbocycles. The maximum absolute atomic E-state index is 11.6. The molecule has 0 spiro atoms. The summed E-state index contributed by atoms with van der Waals surface area (Å²) in [5.41, 5.74) is 5.41. The second-order valence-corrected chi connectivity index (χ2v) is 6.07. The van der Waals surface area contributed by atoms with Crippen molar-refractivity contribution in [1.29, 1.82) is 0 Å².